The van der Waals surface area contributed by atoms with Crippen LogP contribution in [0.2, 0.25) is 0 Å². The normalized spacial score (nSPS) is 16.8. The molecule has 1 saturated heterocycles. The van der Waals surface area contributed by atoms with Crippen molar-refractivity contribution in [1.82, 2.24) is 15.0 Å². The Hall–Kier alpha value is -3.30. The Morgan fingerprint density at radius 1 is 1.29 bits per heavy atom. The highest BCUT2D eigenvalue weighted by Crippen LogP contribution is 2.20. The molecule has 0 amide bonds. The van der Waals surface area contributed by atoms with Gasteiger partial charge < -0.3 is 15.3 Å². The monoisotopic (exact) mass is 330 g/mol. The van der Waals surface area contributed by atoms with E-state index in [-0.39, 0.29) is 17.4 Å². The van der Waals surface area contributed by atoms with Gasteiger partial charge in [0.25, 0.3) is 5.69 Å². The van der Waals surface area contributed by atoms with Gasteiger partial charge in [0.1, 0.15) is 17.8 Å². The minimum absolute atomic E-state index is 0.0533. The van der Waals surface area contributed by atoms with Gasteiger partial charge in [-0.1, -0.05) is 0 Å². The van der Waals surface area contributed by atoms with Crippen molar-refractivity contribution in [3.8, 4) is 0 Å². The van der Waals surface area contributed by atoms with Crippen molar-refractivity contribution in [2.75, 3.05) is 23.3 Å². The summed E-state index contributed by atoms with van der Waals surface area (Å²) in [5.41, 5.74) is -0.148. The van der Waals surface area contributed by atoms with E-state index in [1.54, 1.807) is 6.07 Å². The molecular formula is C14H14N6O4. The fourth-order valence-corrected chi connectivity index (χ4v) is 2.47. The van der Waals surface area contributed by atoms with E-state index in [0.29, 0.717) is 18.2 Å². The fourth-order valence-electron chi connectivity index (χ4n) is 2.47. The molecule has 1 atom stereocenters. The largest absolute Gasteiger partial charge is 0.476 e. The zero-order valence-corrected chi connectivity index (χ0v) is 12.5. The standard InChI is InChI=1S/C14H14N6O4/c21-14(22)11-6-17-13(7-15-11)19-4-3-9(8-19)18-12-2-1-10(5-16-12)20(23)24/h1-2,5-7,9H,3-4,8H2,(H,16,18)(H,21,22). The van der Waals surface area contributed by atoms with E-state index in [1.165, 1.54) is 24.7 Å². The van der Waals surface area contributed by atoms with Crippen molar-refractivity contribution < 1.29 is 14.8 Å². The number of nitrogens with one attached hydrogen (secondary N) is 1. The first kappa shape index (κ1) is 15.6. The number of carboxylic acid groups (broad SMARTS) is 1. The second-order valence-electron chi connectivity index (χ2n) is 5.30. The third-order valence-electron chi connectivity index (χ3n) is 3.68. The highest BCUT2D eigenvalue weighted by atomic mass is 16.6. The molecule has 124 valence electrons. The predicted molar refractivity (Wildman–Crippen MR) is 84.1 cm³/mol. The van der Waals surface area contributed by atoms with Crippen LogP contribution in [0.25, 0.3) is 0 Å². The molecule has 0 aromatic carbocycles. The summed E-state index contributed by atoms with van der Waals surface area (Å²) >= 11 is 0. The van der Waals surface area contributed by atoms with Gasteiger partial charge >= 0.3 is 5.97 Å². The van der Waals surface area contributed by atoms with Gasteiger partial charge in [0.15, 0.2) is 5.69 Å². The molecule has 0 aliphatic carbocycles. The molecule has 0 saturated carbocycles. The number of carbonyl (C=O) groups is 1. The van der Waals surface area contributed by atoms with Gasteiger partial charge in [-0.25, -0.2) is 19.7 Å². The topological polar surface area (TPSA) is 134 Å². The van der Waals surface area contributed by atoms with E-state index >= 15 is 0 Å². The number of hydrogen-bond acceptors (Lipinski definition) is 8. The number of carboxylic acids is 1. The van der Waals surface area contributed by atoms with Crippen LogP contribution in [0.1, 0.15) is 16.9 Å². The lowest BCUT2D eigenvalue weighted by atomic mass is 10.2. The quantitative estimate of drug-likeness (QED) is 0.611. The van der Waals surface area contributed by atoms with Gasteiger partial charge in [-0.05, 0) is 12.5 Å². The number of nitro groups is 1. The van der Waals surface area contributed by atoms with Crippen LogP contribution in [-0.2, 0) is 0 Å². The fraction of sp³-hybridized carbons (Fsp3) is 0.286. The second kappa shape index (κ2) is 6.44. The molecule has 24 heavy (non-hydrogen) atoms. The zero-order chi connectivity index (χ0) is 17.1. The number of hydrogen-bond donors (Lipinski definition) is 2. The average molecular weight is 330 g/mol. The summed E-state index contributed by atoms with van der Waals surface area (Å²) < 4.78 is 0. The van der Waals surface area contributed by atoms with E-state index in [2.05, 4.69) is 20.3 Å². The Bertz CT molecular complexity index is 749. The molecule has 0 spiro atoms. The van der Waals surface area contributed by atoms with E-state index in [9.17, 15) is 14.9 Å². The minimum atomic E-state index is -1.11. The van der Waals surface area contributed by atoms with Gasteiger partial charge in [-0.3, -0.25) is 10.1 Å². The minimum Gasteiger partial charge on any atom is -0.476 e. The molecule has 2 N–H and O–H groups in total. The molecule has 0 bridgehead atoms. The third kappa shape index (κ3) is 3.37. The lowest BCUT2D eigenvalue weighted by Gasteiger charge is -2.17. The smallest absolute Gasteiger partial charge is 0.356 e. The van der Waals surface area contributed by atoms with E-state index in [4.69, 9.17) is 5.11 Å². The zero-order valence-electron chi connectivity index (χ0n) is 12.5. The first-order valence-electron chi connectivity index (χ1n) is 7.20. The van der Waals surface area contributed by atoms with E-state index < -0.39 is 10.9 Å². The number of anilines is 2. The second-order valence-corrected chi connectivity index (χ2v) is 5.30. The van der Waals surface area contributed by atoms with Gasteiger partial charge in [0, 0.05) is 25.2 Å². The molecule has 10 heteroatoms. The van der Waals surface area contributed by atoms with Gasteiger partial charge in [0.05, 0.1) is 17.3 Å². The van der Waals surface area contributed by atoms with Crippen molar-refractivity contribution in [2.24, 2.45) is 0 Å². The Labute approximate surface area is 136 Å². The summed E-state index contributed by atoms with van der Waals surface area (Å²) in [7, 11) is 0. The number of aromatic carboxylic acids is 1. The van der Waals surface area contributed by atoms with Crippen molar-refractivity contribution in [3.05, 3.63) is 46.5 Å². The highest BCUT2D eigenvalue weighted by molar-refractivity contribution is 5.84. The predicted octanol–water partition coefficient (Wildman–Crippen LogP) is 1.17. The van der Waals surface area contributed by atoms with Crippen LogP contribution < -0.4 is 10.2 Å². The molecule has 1 fully saturated rings. The summed E-state index contributed by atoms with van der Waals surface area (Å²) in [6.07, 6.45) is 4.72. The lowest BCUT2D eigenvalue weighted by molar-refractivity contribution is -0.385. The van der Waals surface area contributed by atoms with Crippen LogP contribution in [0.3, 0.4) is 0 Å². The summed E-state index contributed by atoms with van der Waals surface area (Å²) in [6, 6.07) is 3.08. The maximum Gasteiger partial charge on any atom is 0.356 e. The highest BCUT2D eigenvalue weighted by Gasteiger charge is 2.24. The molecule has 2 aromatic heterocycles. The Morgan fingerprint density at radius 2 is 2.12 bits per heavy atom. The van der Waals surface area contributed by atoms with E-state index in [1.807, 2.05) is 4.90 Å². The first-order chi connectivity index (χ1) is 11.5. The molecule has 10 nitrogen and oxygen atoms in total. The van der Waals surface area contributed by atoms with Crippen molar-refractivity contribution >= 4 is 23.3 Å². The lowest BCUT2D eigenvalue weighted by Crippen LogP contribution is -2.27. The van der Waals surface area contributed by atoms with Crippen LogP contribution in [0.4, 0.5) is 17.3 Å². The molecule has 0 radical (unpaired) electrons. The number of rotatable bonds is 5. The number of nitrogens with zero attached hydrogens (tertiary/aromatic N) is 5. The SMILES string of the molecule is O=C(O)c1cnc(N2CCC(Nc3ccc([N+](=O)[O-])cn3)C2)cn1. The summed E-state index contributed by atoms with van der Waals surface area (Å²) in [5.74, 6) is 0.0694. The van der Waals surface area contributed by atoms with Crippen LogP contribution in [0.15, 0.2) is 30.7 Å². The van der Waals surface area contributed by atoms with Crippen molar-refractivity contribution in [2.45, 2.75) is 12.5 Å². The van der Waals surface area contributed by atoms with Gasteiger partial charge in [-0.2, -0.15) is 0 Å². The van der Waals surface area contributed by atoms with Crippen LogP contribution in [0.5, 0.6) is 0 Å². The van der Waals surface area contributed by atoms with Crippen molar-refractivity contribution in [3.63, 3.8) is 0 Å². The summed E-state index contributed by atoms with van der Waals surface area (Å²) in [5, 5.41) is 22.7. The van der Waals surface area contributed by atoms with Crippen molar-refractivity contribution in [1.29, 1.82) is 0 Å². The third-order valence-corrected chi connectivity index (χ3v) is 3.68. The summed E-state index contributed by atoms with van der Waals surface area (Å²) in [4.78, 5) is 34.9. The Balaban J connectivity index is 1.60. The van der Waals surface area contributed by atoms with E-state index in [0.717, 1.165) is 13.0 Å². The Morgan fingerprint density at radius 3 is 2.71 bits per heavy atom. The average Bonchev–Trinajstić information content (AvgIpc) is 3.04. The number of aromatic nitrogens is 3. The maximum absolute atomic E-state index is 10.8. The maximum atomic E-state index is 10.8. The van der Waals surface area contributed by atoms with Gasteiger partial charge in [0.2, 0.25) is 0 Å². The molecular weight excluding hydrogens is 316 g/mol. The molecule has 3 heterocycles. The van der Waals surface area contributed by atoms with Crippen LogP contribution in [-0.4, -0.2) is 50.1 Å². The van der Waals surface area contributed by atoms with Gasteiger partial charge in [-0.15, -0.1) is 0 Å². The van der Waals surface area contributed by atoms with Crippen LogP contribution in [0, 0.1) is 10.1 Å². The molecule has 1 aliphatic heterocycles. The summed E-state index contributed by atoms with van der Waals surface area (Å²) in [6.45, 7) is 1.39. The molecule has 1 aliphatic rings. The molecule has 3 rings (SSSR count). The van der Waals surface area contributed by atoms with Crippen LogP contribution >= 0.6 is 0 Å². The number of pyridine rings is 1. The molecule has 2 aromatic rings. The first-order valence-corrected chi connectivity index (χ1v) is 7.20. The molecule has 1 unspecified atom stereocenters. The Kier molecular flexibility index (Phi) is 4.18.